The van der Waals surface area contributed by atoms with Crippen LogP contribution in [0.3, 0.4) is 0 Å². The SMILES string of the molecule is CC(=O)c1ccc(NC(=O)CSc2nc3sc4c(c3c(=O)[nH]2)CCCCC4)cc1. The van der Waals surface area contributed by atoms with Gasteiger partial charge in [-0.25, -0.2) is 4.98 Å². The van der Waals surface area contributed by atoms with E-state index in [2.05, 4.69) is 15.3 Å². The van der Waals surface area contributed by atoms with Crippen molar-refractivity contribution in [3.63, 3.8) is 0 Å². The highest BCUT2D eigenvalue weighted by Gasteiger charge is 2.19. The Morgan fingerprint density at radius 2 is 1.93 bits per heavy atom. The number of rotatable bonds is 5. The number of thiophene rings is 1. The van der Waals surface area contributed by atoms with Crippen LogP contribution < -0.4 is 10.9 Å². The summed E-state index contributed by atoms with van der Waals surface area (Å²) in [6.07, 6.45) is 5.44. The predicted octanol–water partition coefficient (Wildman–Crippen LogP) is 4.19. The normalized spacial score (nSPS) is 13.7. The van der Waals surface area contributed by atoms with Crippen LogP contribution in [0.25, 0.3) is 10.2 Å². The lowest BCUT2D eigenvalue weighted by Crippen LogP contribution is -2.15. The zero-order valence-electron chi connectivity index (χ0n) is 16.0. The molecule has 0 radical (unpaired) electrons. The van der Waals surface area contributed by atoms with Gasteiger partial charge in [0.05, 0.1) is 11.1 Å². The van der Waals surface area contributed by atoms with Crippen LogP contribution in [0.4, 0.5) is 5.69 Å². The van der Waals surface area contributed by atoms with Crippen LogP contribution >= 0.6 is 23.1 Å². The molecule has 150 valence electrons. The third-order valence-corrected chi connectivity index (χ3v) is 7.03. The third-order valence-electron chi connectivity index (χ3n) is 4.97. The first-order chi connectivity index (χ1) is 14.0. The second-order valence-corrected chi connectivity index (χ2v) is 9.13. The molecule has 0 unspecified atom stereocenters. The number of ketones is 1. The molecule has 2 N–H and O–H groups in total. The van der Waals surface area contributed by atoms with Crippen LogP contribution in [0.1, 0.15) is 47.0 Å². The van der Waals surface area contributed by atoms with Gasteiger partial charge in [-0.1, -0.05) is 18.2 Å². The van der Waals surface area contributed by atoms with Crippen LogP contribution in [0.5, 0.6) is 0 Å². The standard InChI is InChI=1S/C21H21N3O3S2/c1-12(25)13-7-9-14(10-8-13)22-17(26)11-28-21-23-19(27)18-15-5-3-2-4-6-16(15)29-20(18)24-21/h7-10H,2-6,11H2,1H3,(H,22,26)(H,23,24,27). The number of aryl methyl sites for hydroxylation is 2. The van der Waals surface area contributed by atoms with E-state index in [-0.39, 0.29) is 23.0 Å². The monoisotopic (exact) mass is 427 g/mol. The molecule has 6 nitrogen and oxygen atoms in total. The van der Waals surface area contributed by atoms with Gasteiger partial charge in [0.15, 0.2) is 10.9 Å². The molecule has 3 aromatic rings. The summed E-state index contributed by atoms with van der Waals surface area (Å²) in [6.45, 7) is 1.50. The molecule has 0 saturated carbocycles. The van der Waals surface area contributed by atoms with Gasteiger partial charge >= 0.3 is 0 Å². The van der Waals surface area contributed by atoms with E-state index in [0.29, 0.717) is 16.4 Å². The van der Waals surface area contributed by atoms with Crippen LogP contribution in [0.15, 0.2) is 34.2 Å². The van der Waals surface area contributed by atoms with Crippen molar-refractivity contribution in [2.45, 2.75) is 44.2 Å². The van der Waals surface area contributed by atoms with Crippen LogP contribution in [-0.2, 0) is 17.6 Å². The molecule has 8 heteroatoms. The van der Waals surface area contributed by atoms with Crippen LogP contribution in [-0.4, -0.2) is 27.4 Å². The summed E-state index contributed by atoms with van der Waals surface area (Å²) in [4.78, 5) is 45.7. The van der Waals surface area contributed by atoms with Gasteiger partial charge in [0.2, 0.25) is 5.91 Å². The Kier molecular flexibility index (Phi) is 5.82. The molecule has 4 rings (SSSR count). The molecule has 0 atom stereocenters. The predicted molar refractivity (Wildman–Crippen MR) is 117 cm³/mol. The summed E-state index contributed by atoms with van der Waals surface area (Å²) < 4.78 is 0. The molecule has 2 heterocycles. The van der Waals surface area contributed by atoms with Gasteiger partial charge in [-0.15, -0.1) is 11.3 Å². The molecule has 0 spiro atoms. The maximum absolute atomic E-state index is 12.6. The van der Waals surface area contributed by atoms with Crippen molar-refractivity contribution in [1.82, 2.24) is 9.97 Å². The lowest BCUT2D eigenvalue weighted by molar-refractivity contribution is -0.113. The van der Waals surface area contributed by atoms with Crippen molar-refractivity contribution in [1.29, 1.82) is 0 Å². The van der Waals surface area contributed by atoms with E-state index in [1.54, 1.807) is 35.6 Å². The fraction of sp³-hybridized carbons (Fsp3) is 0.333. The van der Waals surface area contributed by atoms with Crippen molar-refractivity contribution in [2.24, 2.45) is 0 Å². The van der Waals surface area contributed by atoms with Gasteiger partial charge in [-0.3, -0.25) is 14.4 Å². The van der Waals surface area contributed by atoms with E-state index >= 15 is 0 Å². The first-order valence-electron chi connectivity index (χ1n) is 9.59. The van der Waals surface area contributed by atoms with E-state index in [0.717, 1.165) is 35.9 Å². The number of benzene rings is 1. The number of nitrogens with zero attached hydrogens (tertiary/aromatic N) is 1. The Labute approximate surface area is 176 Å². The average Bonchev–Trinajstić information content (AvgIpc) is 2.89. The number of H-pyrrole nitrogens is 1. The molecule has 1 aromatic carbocycles. The molecule has 0 aliphatic heterocycles. The molecule has 1 amide bonds. The van der Waals surface area contributed by atoms with E-state index in [1.165, 1.54) is 35.5 Å². The minimum atomic E-state index is -0.199. The first kappa shape index (κ1) is 19.8. The zero-order chi connectivity index (χ0) is 20.4. The van der Waals surface area contributed by atoms with Gasteiger partial charge in [0, 0.05) is 16.1 Å². The number of hydrogen-bond acceptors (Lipinski definition) is 6. The molecular weight excluding hydrogens is 406 g/mol. The van der Waals surface area contributed by atoms with Crippen molar-refractivity contribution in [3.05, 3.63) is 50.6 Å². The Bertz CT molecular complexity index is 1130. The zero-order valence-corrected chi connectivity index (χ0v) is 17.7. The molecule has 0 bridgehead atoms. The fourth-order valence-electron chi connectivity index (χ4n) is 3.51. The topological polar surface area (TPSA) is 91.9 Å². The number of fused-ring (bicyclic) bond motifs is 3. The average molecular weight is 428 g/mol. The lowest BCUT2D eigenvalue weighted by atomic mass is 10.1. The maximum Gasteiger partial charge on any atom is 0.260 e. The third kappa shape index (κ3) is 4.43. The second-order valence-electron chi connectivity index (χ2n) is 7.09. The summed E-state index contributed by atoms with van der Waals surface area (Å²) in [5.41, 5.74) is 2.28. The highest BCUT2D eigenvalue weighted by Crippen LogP contribution is 2.33. The van der Waals surface area contributed by atoms with Gasteiger partial charge in [0.1, 0.15) is 4.83 Å². The number of nitrogens with one attached hydrogen (secondary N) is 2. The molecule has 0 fully saturated rings. The quantitative estimate of drug-likeness (QED) is 0.276. The van der Waals surface area contributed by atoms with Gasteiger partial charge in [-0.05, 0) is 62.4 Å². The summed E-state index contributed by atoms with van der Waals surface area (Å²) in [5, 5.41) is 3.98. The number of aromatic nitrogens is 2. The minimum Gasteiger partial charge on any atom is -0.325 e. The highest BCUT2D eigenvalue weighted by atomic mass is 32.2. The van der Waals surface area contributed by atoms with E-state index in [4.69, 9.17) is 0 Å². The lowest BCUT2D eigenvalue weighted by Gasteiger charge is -2.06. The van der Waals surface area contributed by atoms with Gasteiger partial charge < -0.3 is 10.3 Å². The summed E-state index contributed by atoms with van der Waals surface area (Å²) in [6, 6.07) is 6.76. The molecular formula is C21H21N3O3S2. The maximum atomic E-state index is 12.6. The number of hydrogen-bond donors (Lipinski definition) is 2. The number of carbonyl (C=O) groups excluding carboxylic acids is 2. The smallest absolute Gasteiger partial charge is 0.260 e. The van der Waals surface area contributed by atoms with Crippen molar-refractivity contribution in [3.8, 4) is 0 Å². The Morgan fingerprint density at radius 1 is 1.17 bits per heavy atom. The number of thioether (sulfide) groups is 1. The molecule has 1 aliphatic carbocycles. The second kappa shape index (κ2) is 8.51. The Balaban J connectivity index is 1.44. The fourth-order valence-corrected chi connectivity index (χ4v) is 5.49. The highest BCUT2D eigenvalue weighted by molar-refractivity contribution is 7.99. The van der Waals surface area contributed by atoms with Crippen LogP contribution in [0.2, 0.25) is 0 Å². The molecule has 0 saturated heterocycles. The van der Waals surface area contributed by atoms with Gasteiger partial charge in [0.25, 0.3) is 5.56 Å². The molecule has 29 heavy (non-hydrogen) atoms. The number of anilines is 1. The number of Topliss-reactive ketones (excluding diaryl/α,β-unsaturated/α-hetero) is 1. The summed E-state index contributed by atoms with van der Waals surface area (Å²) >= 11 is 2.82. The largest absolute Gasteiger partial charge is 0.325 e. The molecule has 2 aromatic heterocycles. The van der Waals surface area contributed by atoms with E-state index in [1.807, 2.05) is 0 Å². The summed E-state index contributed by atoms with van der Waals surface area (Å²) in [5.74, 6) is -0.0846. The first-order valence-corrected chi connectivity index (χ1v) is 11.4. The number of amides is 1. The minimum absolute atomic E-state index is 0.0188. The van der Waals surface area contributed by atoms with Crippen molar-refractivity contribution < 1.29 is 9.59 Å². The summed E-state index contributed by atoms with van der Waals surface area (Å²) in [7, 11) is 0. The van der Waals surface area contributed by atoms with Crippen LogP contribution in [0, 0.1) is 0 Å². The number of carbonyl (C=O) groups is 2. The van der Waals surface area contributed by atoms with Gasteiger partial charge in [-0.2, -0.15) is 0 Å². The van der Waals surface area contributed by atoms with E-state index < -0.39 is 0 Å². The van der Waals surface area contributed by atoms with E-state index in [9.17, 15) is 14.4 Å². The van der Waals surface area contributed by atoms with Crippen molar-refractivity contribution in [2.75, 3.05) is 11.1 Å². The number of aromatic amines is 1. The molecule has 1 aliphatic rings. The van der Waals surface area contributed by atoms with Crippen molar-refractivity contribution >= 4 is 50.7 Å². The Morgan fingerprint density at radius 3 is 2.69 bits per heavy atom. The Hall–Kier alpha value is -2.45.